The highest BCUT2D eigenvalue weighted by Crippen LogP contribution is 2.32. The maximum Gasteiger partial charge on any atom is 0.165 e. The monoisotopic (exact) mass is 227 g/mol. The van der Waals surface area contributed by atoms with E-state index < -0.39 is 12.0 Å². The van der Waals surface area contributed by atoms with E-state index in [0.29, 0.717) is 0 Å². The van der Waals surface area contributed by atoms with Crippen LogP contribution in [0.3, 0.4) is 0 Å². The number of aromatic nitrogens is 1. The fourth-order valence-electron chi connectivity index (χ4n) is 2.51. The van der Waals surface area contributed by atoms with E-state index in [4.69, 9.17) is 0 Å². The number of ketones is 1. The molecule has 0 amide bonds. The zero-order chi connectivity index (χ0) is 12.0. The molecule has 1 unspecified atom stereocenters. The lowest BCUT2D eigenvalue weighted by atomic mass is 9.91. The van der Waals surface area contributed by atoms with Gasteiger partial charge in [0.25, 0.3) is 0 Å². The molecule has 1 N–H and O–H groups in total. The summed E-state index contributed by atoms with van der Waals surface area (Å²) in [6.07, 6.45) is 4.30. The molecule has 3 heteroatoms. The van der Waals surface area contributed by atoms with Gasteiger partial charge in [-0.2, -0.15) is 0 Å². The summed E-state index contributed by atoms with van der Waals surface area (Å²) in [5, 5.41) is 10.9. The number of fused-ring (bicyclic) bond motifs is 1. The molecule has 0 spiro atoms. The largest absolute Gasteiger partial charge is 0.388 e. The highest BCUT2D eigenvalue weighted by atomic mass is 16.3. The summed E-state index contributed by atoms with van der Waals surface area (Å²) in [6.45, 7) is 0. The van der Waals surface area contributed by atoms with E-state index >= 15 is 0 Å². The number of hydrogen-bond donors (Lipinski definition) is 1. The van der Waals surface area contributed by atoms with Gasteiger partial charge in [-0.3, -0.25) is 4.79 Å². The standard InChI is InChI=1S/C14H13NO2/c1-15-8-7-9-10(3-2-4-11(9)15)14-12(16)5-6-13(14)17/h2-8,12,14,16H,1H3/t12-,14?/m0/s1. The Morgan fingerprint density at radius 2 is 2.12 bits per heavy atom. The second kappa shape index (κ2) is 3.57. The fourth-order valence-corrected chi connectivity index (χ4v) is 2.51. The number of nitrogens with zero attached hydrogens (tertiary/aromatic N) is 1. The van der Waals surface area contributed by atoms with E-state index in [1.54, 1.807) is 6.08 Å². The Morgan fingerprint density at radius 1 is 1.29 bits per heavy atom. The Morgan fingerprint density at radius 3 is 2.82 bits per heavy atom. The highest BCUT2D eigenvalue weighted by molar-refractivity contribution is 6.01. The van der Waals surface area contributed by atoms with Gasteiger partial charge in [-0.25, -0.2) is 0 Å². The van der Waals surface area contributed by atoms with Crippen molar-refractivity contribution in [1.29, 1.82) is 0 Å². The molecule has 2 atom stereocenters. The zero-order valence-electron chi connectivity index (χ0n) is 9.50. The number of aryl methyl sites for hydroxylation is 1. The van der Waals surface area contributed by atoms with E-state index in [2.05, 4.69) is 0 Å². The van der Waals surface area contributed by atoms with Crippen molar-refractivity contribution in [2.75, 3.05) is 0 Å². The van der Waals surface area contributed by atoms with Gasteiger partial charge in [0.15, 0.2) is 5.78 Å². The second-order valence-electron chi connectivity index (χ2n) is 4.44. The molecule has 3 rings (SSSR count). The van der Waals surface area contributed by atoms with E-state index in [9.17, 15) is 9.90 Å². The number of hydrogen-bond acceptors (Lipinski definition) is 2. The number of allylic oxidation sites excluding steroid dienone is 1. The summed E-state index contributed by atoms with van der Waals surface area (Å²) in [5.74, 6) is -0.463. The summed E-state index contributed by atoms with van der Waals surface area (Å²) in [6, 6.07) is 7.85. The molecule has 1 aromatic carbocycles. The van der Waals surface area contributed by atoms with Crippen molar-refractivity contribution < 1.29 is 9.90 Å². The molecule has 1 heterocycles. The summed E-state index contributed by atoms with van der Waals surface area (Å²) >= 11 is 0. The molecule has 17 heavy (non-hydrogen) atoms. The normalized spacial score (nSPS) is 23.8. The molecule has 0 radical (unpaired) electrons. The first-order chi connectivity index (χ1) is 8.18. The van der Waals surface area contributed by atoms with Gasteiger partial charge in [-0.15, -0.1) is 0 Å². The predicted molar refractivity (Wildman–Crippen MR) is 65.8 cm³/mol. The van der Waals surface area contributed by atoms with Crippen LogP contribution in [0.4, 0.5) is 0 Å². The SMILES string of the molecule is Cn1ccc2c(C3C(=O)C=C[C@@H]3O)cccc21. The van der Waals surface area contributed by atoms with Crippen molar-refractivity contribution in [3.8, 4) is 0 Å². The second-order valence-corrected chi connectivity index (χ2v) is 4.44. The number of benzene rings is 1. The Hall–Kier alpha value is -1.87. The van der Waals surface area contributed by atoms with Crippen LogP contribution < -0.4 is 0 Å². The minimum absolute atomic E-state index is 0.0196. The highest BCUT2D eigenvalue weighted by Gasteiger charge is 2.31. The van der Waals surface area contributed by atoms with Gasteiger partial charge in [0.2, 0.25) is 0 Å². The van der Waals surface area contributed by atoms with Crippen molar-refractivity contribution in [2.45, 2.75) is 12.0 Å². The van der Waals surface area contributed by atoms with E-state index in [1.165, 1.54) is 6.08 Å². The molecular formula is C14H13NO2. The molecule has 2 aromatic rings. The quantitative estimate of drug-likeness (QED) is 0.806. The number of aliphatic hydroxyl groups excluding tert-OH is 1. The number of carbonyl (C=O) groups excluding carboxylic acids is 1. The smallest absolute Gasteiger partial charge is 0.165 e. The van der Waals surface area contributed by atoms with Crippen LogP contribution >= 0.6 is 0 Å². The van der Waals surface area contributed by atoms with Crippen molar-refractivity contribution in [3.05, 3.63) is 48.2 Å². The van der Waals surface area contributed by atoms with Crippen LogP contribution in [0, 0.1) is 0 Å². The number of aliphatic hydroxyl groups is 1. The van der Waals surface area contributed by atoms with Crippen LogP contribution in [0.5, 0.6) is 0 Å². The minimum atomic E-state index is -0.701. The third-order valence-electron chi connectivity index (χ3n) is 3.40. The summed E-state index contributed by atoms with van der Waals surface area (Å²) in [5.41, 5.74) is 1.99. The number of carbonyl (C=O) groups is 1. The molecule has 0 aliphatic heterocycles. The zero-order valence-corrected chi connectivity index (χ0v) is 9.50. The van der Waals surface area contributed by atoms with Gasteiger partial charge < -0.3 is 9.67 Å². The van der Waals surface area contributed by atoms with E-state index in [1.807, 2.05) is 42.1 Å². The molecular weight excluding hydrogens is 214 g/mol. The Bertz CT molecular complexity index is 624. The third-order valence-corrected chi connectivity index (χ3v) is 3.40. The van der Waals surface area contributed by atoms with Gasteiger partial charge in [0.1, 0.15) is 0 Å². The van der Waals surface area contributed by atoms with Gasteiger partial charge in [0, 0.05) is 24.1 Å². The third kappa shape index (κ3) is 1.43. The van der Waals surface area contributed by atoms with Crippen molar-refractivity contribution in [3.63, 3.8) is 0 Å². The van der Waals surface area contributed by atoms with Gasteiger partial charge in [-0.05, 0) is 23.8 Å². The van der Waals surface area contributed by atoms with Crippen molar-refractivity contribution in [2.24, 2.45) is 7.05 Å². The first-order valence-electron chi connectivity index (χ1n) is 5.62. The van der Waals surface area contributed by atoms with Crippen LogP contribution in [-0.4, -0.2) is 21.6 Å². The minimum Gasteiger partial charge on any atom is -0.388 e. The molecule has 0 saturated carbocycles. The van der Waals surface area contributed by atoms with Crippen LogP contribution in [-0.2, 0) is 11.8 Å². The van der Waals surface area contributed by atoms with Crippen molar-refractivity contribution >= 4 is 16.7 Å². The summed E-state index contributed by atoms with van der Waals surface area (Å²) in [4.78, 5) is 11.8. The first-order valence-corrected chi connectivity index (χ1v) is 5.62. The Balaban J connectivity index is 2.21. The molecule has 0 bridgehead atoms. The van der Waals surface area contributed by atoms with Gasteiger partial charge in [0.05, 0.1) is 12.0 Å². The first kappa shape index (κ1) is 10.3. The van der Waals surface area contributed by atoms with Crippen molar-refractivity contribution in [1.82, 2.24) is 4.57 Å². The molecule has 0 fully saturated rings. The molecule has 1 aromatic heterocycles. The lowest BCUT2D eigenvalue weighted by Crippen LogP contribution is -2.17. The Labute approximate surface area is 99.0 Å². The molecule has 86 valence electrons. The van der Waals surface area contributed by atoms with Crippen LogP contribution in [0.15, 0.2) is 42.6 Å². The van der Waals surface area contributed by atoms with E-state index in [0.717, 1.165) is 16.5 Å². The molecule has 1 aliphatic rings. The fraction of sp³-hybridized carbons (Fsp3) is 0.214. The molecule has 3 nitrogen and oxygen atoms in total. The van der Waals surface area contributed by atoms with Crippen LogP contribution in [0.1, 0.15) is 11.5 Å². The van der Waals surface area contributed by atoms with Crippen LogP contribution in [0.25, 0.3) is 10.9 Å². The average molecular weight is 227 g/mol. The maximum atomic E-state index is 11.8. The molecule has 0 saturated heterocycles. The Kier molecular flexibility index (Phi) is 2.16. The predicted octanol–water partition coefficient (Wildman–Crippen LogP) is 1.76. The lowest BCUT2D eigenvalue weighted by molar-refractivity contribution is -0.116. The summed E-state index contributed by atoms with van der Waals surface area (Å²) < 4.78 is 2.01. The summed E-state index contributed by atoms with van der Waals surface area (Å²) in [7, 11) is 1.97. The maximum absolute atomic E-state index is 11.8. The van der Waals surface area contributed by atoms with E-state index in [-0.39, 0.29) is 5.78 Å². The van der Waals surface area contributed by atoms with Crippen LogP contribution in [0.2, 0.25) is 0 Å². The average Bonchev–Trinajstić information content (AvgIpc) is 2.84. The number of rotatable bonds is 1. The molecule has 1 aliphatic carbocycles. The van der Waals surface area contributed by atoms with Gasteiger partial charge in [-0.1, -0.05) is 18.2 Å². The lowest BCUT2D eigenvalue weighted by Gasteiger charge is -2.14. The van der Waals surface area contributed by atoms with Gasteiger partial charge >= 0.3 is 0 Å². The topological polar surface area (TPSA) is 42.2 Å².